The Kier molecular flexibility index (Phi) is 5.30. The van der Waals surface area contributed by atoms with E-state index in [1.165, 1.54) is 12.1 Å². The van der Waals surface area contributed by atoms with Crippen molar-refractivity contribution in [2.75, 3.05) is 24.5 Å². The summed E-state index contributed by atoms with van der Waals surface area (Å²) < 4.78 is 14.7. The van der Waals surface area contributed by atoms with Crippen LogP contribution in [0.1, 0.15) is 16.9 Å². The van der Waals surface area contributed by atoms with Crippen molar-refractivity contribution in [2.24, 2.45) is 5.92 Å². The van der Waals surface area contributed by atoms with Gasteiger partial charge in [-0.15, -0.1) is 0 Å². The van der Waals surface area contributed by atoms with E-state index in [2.05, 4.69) is 15.3 Å². The lowest BCUT2D eigenvalue weighted by atomic mass is 10.1. The second-order valence-corrected chi connectivity index (χ2v) is 7.35. The number of nitrogens with one attached hydrogen (secondary N) is 1. The van der Waals surface area contributed by atoms with Crippen LogP contribution in [-0.4, -0.2) is 35.3 Å². The fourth-order valence-corrected chi connectivity index (χ4v) is 3.61. The number of amides is 1. The summed E-state index contributed by atoms with van der Waals surface area (Å²) in [6.45, 7) is 2.32. The van der Waals surface area contributed by atoms with Crippen LogP contribution in [0.2, 0.25) is 5.02 Å². The highest BCUT2D eigenvalue weighted by atomic mass is 35.5. The summed E-state index contributed by atoms with van der Waals surface area (Å²) >= 11 is 6.01. The van der Waals surface area contributed by atoms with E-state index < -0.39 is 0 Å². The molecule has 0 saturated carbocycles. The molecule has 1 atom stereocenters. The molecule has 0 radical (unpaired) electrons. The molecule has 1 N–H and O–H groups in total. The molecule has 0 aliphatic carbocycles. The molecule has 1 amide bonds. The lowest BCUT2D eigenvalue weighted by Gasteiger charge is -2.18. The largest absolute Gasteiger partial charge is 0.371 e. The van der Waals surface area contributed by atoms with Crippen LogP contribution < -0.4 is 10.2 Å². The molecule has 0 spiro atoms. The van der Waals surface area contributed by atoms with Gasteiger partial charge in [-0.05, 0) is 60.9 Å². The number of halogens is 2. The first-order valence-electron chi connectivity index (χ1n) is 9.19. The molecule has 2 aromatic carbocycles. The summed E-state index contributed by atoms with van der Waals surface area (Å²) in [5.41, 5.74) is 2.18. The number of aromatic nitrogens is 2. The first-order valence-corrected chi connectivity index (χ1v) is 9.56. The van der Waals surface area contributed by atoms with Crippen molar-refractivity contribution in [3.8, 4) is 5.69 Å². The second kappa shape index (κ2) is 8.02. The maximum atomic E-state index is 13.1. The minimum Gasteiger partial charge on any atom is -0.371 e. The Labute approximate surface area is 167 Å². The number of carbonyl (C=O) groups excluding carboxylic acids is 1. The third-order valence-corrected chi connectivity index (χ3v) is 5.16. The first-order chi connectivity index (χ1) is 13.6. The van der Waals surface area contributed by atoms with E-state index in [1.807, 2.05) is 12.1 Å². The smallest absolute Gasteiger partial charge is 0.271 e. The summed E-state index contributed by atoms with van der Waals surface area (Å²) in [6.07, 6.45) is 2.72. The lowest BCUT2D eigenvalue weighted by molar-refractivity contribution is 0.0943. The van der Waals surface area contributed by atoms with Gasteiger partial charge in [0, 0.05) is 36.5 Å². The van der Waals surface area contributed by atoms with Gasteiger partial charge in [0.2, 0.25) is 0 Å². The van der Waals surface area contributed by atoms with E-state index in [4.69, 9.17) is 11.6 Å². The molecule has 1 unspecified atom stereocenters. The highest BCUT2D eigenvalue weighted by molar-refractivity contribution is 6.30. The summed E-state index contributed by atoms with van der Waals surface area (Å²) in [5.74, 6) is -0.0750. The average Bonchev–Trinajstić information content (AvgIpc) is 3.37. The van der Waals surface area contributed by atoms with Crippen LogP contribution in [0.4, 0.5) is 10.1 Å². The van der Waals surface area contributed by atoms with Crippen LogP contribution in [0.25, 0.3) is 5.69 Å². The van der Waals surface area contributed by atoms with Gasteiger partial charge in [-0.3, -0.25) is 4.79 Å². The molecule has 1 aliphatic rings. The molecule has 1 aliphatic heterocycles. The normalized spacial score (nSPS) is 16.4. The van der Waals surface area contributed by atoms with Crippen LogP contribution in [0.5, 0.6) is 0 Å². The van der Waals surface area contributed by atoms with Gasteiger partial charge in [-0.25, -0.2) is 9.07 Å². The van der Waals surface area contributed by atoms with Gasteiger partial charge in [0.25, 0.3) is 5.91 Å². The van der Waals surface area contributed by atoms with Crippen LogP contribution in [0.3, 0.4) is 0 Å². The van der Waals surface area contributed by atoms with Crippen molar-refractivity contribution in [2.45, 2.75) is 6.42 Å². The summed E-state index contributed by atoms with van der Waals surface area (Å²) in [4.78, 5) is 14.6. The second-order valence-electron chi connectivity index (χ2n) is 6.91. The third-order valence-electron chi connectivity index (χ3n) is 4.92. The summed E-state index contributed by atoms with van der Waals surface area (Å²) in [5, 5.41) is 7.92. The van der Waals surface area contributed by atoms with Crippen molar-refractivity contribution in [3.05, 3.63) is 77.3 Å². The number of carbonyl (C=O) groups is 1. The molecule has 2 heterocycles. The van der Waals surface area contributed by atoms with Gasteiger partial charge >= 0.3 is 0 Å². The summed E-state index contributed by atoms with van der Waals surface area (Å²) in [6, 6.07) is 15.5. The Morgan fingerprint density at radius 3 is 2.79 bits per heavy atom. The van der Waals surface area contributed by atoms with E-state index in [9.17, 15) is 9.18 Å². The highest BCUT2D eigenvalue weighted by Gasteiger charge is 2.23. The molecule has 1 fully saturated rings. The minimum absolute atomic E-state index is 0.194. The molecular formula is C21H20ClFN4O. The van der Waals surface area contributed by atoms with Gasteiger partial charge in [0.15, 0.2) is 5.69 Å². The lowest BCUT2D eigenvalue weighted by Crippen LogP contribution is -2.31. The quantitative estimate of drug-likeness (QED) is 0.708. The van der Waals surface area contributed by atoms with Crippen molar-refractivity contribution in [3.63, 3.8) is 0 Å². The fourth-order valence-electron chi connectivity index (χ4n) is 3.42. The number of benzene rings is 2. The number of anilines is 1. The maximum absolute atomic E-state index is 13.1. The fraction of sp³-hybridized carbons (Fsp3) is 0.238. The van der Waals surface area contributed by atoms with E-state index in [0.717, 1.165) is 30.9 Å². The summed E-state index contributed by atoms with van der Waals surface area (Å²) in [7, 11) is 0. The van der Waals surface area contributed by atoms with Crippen molar-refractivity contribution >= 4 is 23.2 Å². The van der Waals surface area contributed by atoms with Crippen LogP contribution in [0.15, 0.2) is 60.8 Å². The van der Waals surface area contributed by atoms with Crippen LogP contribution >= 0.6 is 11.6 Å². The average molecular weight is 399 g/mol. The van der Waals surface area contributed by atoms with Crippen molar-refractivity contribution in [1.29, 1.82) is 0 Å². The minimum atomic E-state index is -0.232. The molecule has 7 heteroatoms. The molecule has 1 saturated heterocycles. The number of hydrogen-bond acceptors (Lipinski definition) is 3. The van der Waals surface area contributed by atoms with E-state index in [-0.39, 0.29) is 11.7 Å². The Balaban J connectivity index is 1.32. The van der Waals surface area contributed by atoms with Crippen molar-refractivity contribution in [1.82, 2.24) is 15.1 Å². The highest BCUT2D eigenvalue weighted by Crippen LogP contribution is 2.23. The monoisotopic (exact) mass is 398 g/mol. The molecule has 144 valence electrons. The van der Waals surface area contributed by atoms with Crippen LogP contribution in [-0.2, 0) is 0 Å². The van der Waals surface area contributed by atoms with Gasteiger partial charge in [0.1, 0.15) is 5.82 Å². The Morgan fingerprint density at radius 2 is 2.00 bits per heavy atom. The van der Waals surface area contributed by atoms with Gasteiger partial charge in [0.05, 0.1) is 5.69 Å². The molecule has 5 nitrogen and oxygen atoms in total. The predicted molar refractivity (Wildman–Crippen MR) is 108 cm³/mol. The number of rotatable bonds is 5. The Morgan fingerprint density at radius 1 is 1.18 bits per heavy atom. The Hall–Kier alpha value is -2.86. The van der Waals surface area contributed by atoms with Crippen molar-refractivity contribution < 1.29 is 9.18 Å². The van der Waals surface area contributed by atoms with Crippen LogP contribution in [0, 0.1) is 11.7 Å². The standard InChI is InChI=1S/C21H20ClFN4O/c22-16-2-1-3-19(12-16)27-11-9-20(25-27)21(28)24-13-15-8-10-26(14-15)18-6-4-17(23)5-7-18/h1-7,9,11-12,15H,8,10,13-14H2,(H,24,28). The van der Waals surface area contributed by atoms with Gasteiger partial charge in [-0.1, -0.05) is 17.7 Å². The van der Waals surface area contributed by atoms with Gasteiger partial charge in [-0.2, -0.15) is 5.10 Å². The van der Waals surface area contributed by atoms with E-state index in [0.29, 0.717) is 23.2 Å². The molecule has 4 rings (SSSR count). The Bertz CT molecular complexity index is 973. The van der Waals surface area contributed by atoms with Gasteiger partial charge < -0.3 is 10.2 Å². The topological polar surface area (TPSA) is 50.2 Å². The predicted octanol–water partition coefficient (Wildman–Crippen LogP) is 3.92. The maximum Gasteiger partial charge on any atom is 0.271 e. The zero-order valence-electron chi connectivity index (χ0n) is 15.2. The first kappa shape index (κ1) is 18.5. The number of nitrogens with zero attached hydrogens (tertiary/aromatic N) is 3. The molecule has 0 bridgehead atoms. The molecular weight excluding hydrogens is 379 g/mol. The van der Waals surface area contributed by atoms with E-state index >= 15 is 0 Å². The SMILES string of the molecule is O=C(NCC1CCN(c2ccc(F)cc2)C1)c1ccn(-c2cccc(Cl)c2)n1. The third kappa shape index (κ3) is 4.17. The molecule has 3 aromatic rings. The molecule has 1 aromatic heterocycles. The zero-order chi connectivity index (χ0) is 19.5. The zero-order valence-corrected chi connectivity index (χ0v) is 15.9. The number of hydrogen-bond donors (Lipinski definition) is 1. The molecule has 28 heavy (non-hydrogen) atoms. The van der Waals surface area contributed by atoms with E-state index in [1.54, 1.807) is 41.2 Å².